The first-order chi connectivity index (χ1) is 8.83. The van der Waals surface area contributed by atoms with Crippen molar-refractivity contribution in [3.8, 4) is 0 Å². The molecular weight excluding hydrogens is 224 g/mol. The molecule has 0 fully saturated rings. The van der Waals surface area contributed by atoms with Gasteiger partial charge in [0.2, 0.25) is 0 Å². The van der Waals surface area contributed by atoms with Gasteiger partial charge in [0.1, 0.15) is 12.6 Å². The fourth-order valence-corrected chi connectivity index (χ4v) is 1.66. The maximum atomic E-state index is 9.84. The first-order valence-electron chi connectivity index (χ1n) is 7.70. The zero-order valence-corrected chi connectivity index (χ0v) is 12.5. The Labute approximate surface area is 114 Å². The lowest BCUT2D eigenvalue weighted by atomic mass is 10.1. The van der Waals surface area contributed by atoms with Crippen LogP contribution in [0.3, 0.4) is 0 Å². The lowest BCUT2D eigenvalue weighted by molar-refractivity contribution is -0.108. The molecule has 0 aliphatic rings. The molecule has 0 unspecified atom stereocenters. The van der Waals surface area contributed by atoms with Crippen molar-refractivity contribution in [3.05, 3.63) is 0 Å². The van der Waals surface area contributed by atoms with Gasteiger partial charge in [0.15, 0.2) is 0 Å². The quantitative estimate of drug-likeness (QED) is 0.360. The fraction of sp³-hybridized carbons (Fsp3) is 0.875. The normalized spacial score (nSPS) is 9.44. The Balaban J connectivity index is 0. The van der Waals surface area contributed by atoms with Crippen molar-refractivity contribution in [2.24, 2.45) is 0 Å². The van der Waals surface area contributed by atoms with Gasteiger partial charge in [-0.1, -0.05) is 65.2 Å². The molecule has 0 heterocycles. The molecule has 0 radical (unpaired) electrons. The molecule has 0 bridgehead atoms. The second kappa shape index (κ2) is 21.6. The van der Waals surface area contributed by atoms with E-state index < -0.39 is 0 Å². The van der Waals surface area contributed by atoms with Crippen molar-refractivity contribution >= 4 is 12.6 Å². The number of rotatable bonds is 12. The molecule has 0 rings (SSSR count). The van der Waals surface area contributed by atoms with E-state index in [4.69, 9.17) is 0 Å². The molecule has 0 aromatic heterocycles. The van der Waals surface area contributed by atoms with Gasteiger partial charge in [-0.3, -0.25) is 0 Å². The van der Waals surface area contributed by atoms with E-state index in [0.29, 0.717) is 0 Å². The van der Waals surface area contributed by atoms with Gasteiger partial charge < -0.3 is 9.59 Å². The van der Waals surface area contributed by atoms with E-state index in [1.165, 1.54) is 51.4 Å². The monoisotopic (exact) mass is 256 g/mol. The van der Waals surface area contributed by atoms with Gasteiger partial charge in [-0.25, -0.2) is 0 Å². The molecule has 0 saturated carbocycles. The number of carbonyl (C=O) groups excluding carboxylic acids is 2. The van der Waals surface area contributed by atoms with Crippen LogP contribution in [-0.2, 0) is 9.59 Å². The molecule has 2 nitrogen and oxygen atoms in total. The molecule has 0 atom stereocenters. The summed E-state index contributed by atoms with van der Waals surface area (Å²) in [5.41, 5.74) is 0. The molecule has 108 valence electrons. The summed E-state index contributed by atoms with van der Waals surface area (Å²) in [6.07, 6.45) is 15.9. The lowest BCUT2D eigenvalue weighted by Gasteiger charge is -1.93. The minimum Gasteiger partial charge on any atom is -0.303 e. The molecule has 0 aliphatic carbocycles. The zero-order valence-electron chi connectivity index (χ0n) is 12.5. The highest BCUT2D eigenvalue weighted by Crippen LogP contribution is 2.03. The summed E-state index contributed by atoms with van der Waals surface area (Å²) in [4.78, 5) is 19.7. The van der Waals surface area contributed by atoms with Crippen molar-refractivity contribution in [1.82, 2.24) is 0 Å². The largest absolute Gasteiger partial charge is 0.303 e. The summed E-state index contributed by atoms with van der Waals surface area (Å²) in [6, 6.07) is 0. The third-order valence-corrected chi connectivity index (χ3v) is 2.85. The number of carbonyl (C=O) groups is 2. The standard InChI is InChI=1S/2C8H16O/c2*1-2-3-4-5-6-7-8-9/h2*8H,2-7H2,1H3. The third-order valence-electron chi connectivity index (χ3n) is 2.85. The first-order valence-corrected chi connectivity index (χ1v) is 7.70. The smallest absolute Gasteiger partial charge is 0.119 e. The zero-order chi connectivity index (χ0) is 13.9. The second-order valence-electron chi connectivity index (χ2n) is 4.74. The minimum atomic E-state index is 0.754. The van der Waals surface area contributed by atoms with Gasteiger partial charge in [0, 0.05) is 12.8 Å². The van der Waals surface area contributed by atoms with Gasteiger partial charge in [-0.15, -0.1) is 0 Å². The molecule has 0 N–H and O–H groups in total. The van der Waals surface area contributed by atoms with Crippen LogP contribution in [0.5, 0.6) is 0 Å². The molecule has 2 heteroatoms. The Hall–Kier alpha value is -0.660. The third kappa shape index (κ3) is 24.5. The van der Waals surface area contributed by atoms with E-state index >= 15 is 0 Å². The van der Waals surface area contributed by atoms with Crippen LogP contribution in [0.2, 0.25) is 0 Å². The Morgan fingerprint density at radius 1 is 0.556 bits per heavy atom. The molecule has 0 amide bonds. The average molecular weight is 256 g/mol. The summed E-state index contributed by atoms with van der Waals surface area (Å²) >= 11 is 0. The van der Waals surface area contributed by atoms with Gasteiger partial charge in [0.05, 0.1) is 0 Å². The van der Waals surface area contributed by atoms with Gasteiger partial charge in [0.25, 0.3) is 0 Å². The predicted molar refractivity (Wildman–Crippen MR) is 78.9 cm³/mol. The Morgan fingerprint density at radius 3 is 1.17 bits per heavy atom. The molecule has 0 aliphatic heterocycles. The summed E-state index contributed by atoms with van der Waals surface area (Å²) in [7, 11) is 0. The summed E-state index contributed by atoms with van der Waals surface area (Å²) in [6.45, 7) is 4.39. The van der Waals surface area contributed by atoms with E-state index in [1.54, 1.807) is 0 Å². The highest BCUT2D eigenvalue weighted by Gasteiger charge is 1.86. The Morgan fingerprint density at radius 2 is 0.889 bits per heavy atom. The van der Waals surface area contributed by atoms with E-state index in [-0.39, 0.29) is 0 Å². The maximum absolute atomic E-state index is 9.84. The summed E-state index contributed by atoms with van der Waals surface area (Å²) in [5, 5.41) is 0. The summed E-state index contributed by atoms with van der Waals surface area (Å²) < 4.78 is 0. The van der Waals surface area contributed by atoms with E-state index in [9.17, 15) is 9.59 Å². The van der Waals surface area contributed by atoms with Crippen molar-refractivity contribution < 1.29 is 9.59 Å². The molecular formula is C16H32O2. The topological polar surface area (TPSA) is 34.1 Å². The maximum Gasteiger partial charge on any atom is 0.119 e. The van der Waals surface area contributed by atoms with Crippen LogP contribution in [-0.4, -0.2) is 12.6 Å². The van der Waals surface area contributed by atoms with Crippen molar-refractivity contribution in [3.63, 3.8) is 0 Å². The summed E-state index contributed by atoms with van der Waals surface area (Å²) in [5.74, 6) is 0. The van der Waals surface area contributed by atoms with E-state index in [2.05, 4.69) is 13.8 Å². The predicted octanol–water partition coefficient (Wildman–Crippen LogP) is 5.09. The van der Waals surface area contributed by atoms with Crippen molar-refractivity contribution in [1.29, 1.82) is 0 Å². The van der Waals surface area contributed by atoms with Crippen molar-refractivity contribution in [2.75, 3.05) is 0 Å². The van der Waals surface area contributed by atoms with Crippen LogP contribution < -0.4 is 0 Å². The van der Waals surface area contributed by atoms with E-state index in [0.717, 1.165) is 38.3 Å². The average Bonchev–Trinajstić information content (AvgIpc) is 2.39. The number of unbranched alkanes of at least 4 members (excludes halogenated alkanes) is 10. The van der Waals surface area contributed by atoms with Crippen LogP contribution in [0.25, 0.3) is 0 Å². The highest BCUT2D eigenvalue weighted by molar-refractivity contribution is 5.49. The van der Waals surface area contributed by atoms with Crippen LogP contribution in [0.15, 0.2) is 0 Å². The van der Waals surface area contributed by atoms with Crippen LogP contribution in [0, 0.1) is 0 Å². The molecule has 0 aromatic rings. The van der Waals surface area contributed by atoms with Crippen LogP contribution in [0.4, 0.5) is 0 Å². The highest BCUT2D eigenvalue weighted by atomic mass is 16.1. The second-order valence-corrected chi connectivity index (χ2v) is 4.74. The molecule has 18 heavy (non-hydrogen) atoms. The van der Waals surface area contributed by atoms with Gasteiger partial charge in [-0.05, 0) is 12.8 Å². The van der Waals surface area contributed by atoms with Gasteiger partial charge >= 0.3 is 0 Å². The number of hydrogen-bond acceptors (Lipinski definition) is 2. The number of aldehydes is 2. The van der Waals surface area contributed by atoms with Gasteiger partial charge in [-0.2, -0.15) is 0 Å². The lowest BCUT2D eigenvalue weighted by Crippen LogP contribution is -1.78. The molecule has 0 spiro atoms. The molecule has 0 saturated heterocycles. The Bertz CT molecular complexity index is 137. The van der Waals surface area contributed by atoms with E-state index in [1.807, 2.05) is 0 Å². The van der Waals surface area contributed by atoms with Crippen LogP contribution >= 0.6 is 0 Å². The fourth-order valence-electron chi connectivity index (χ4n) is 1.66. The minimum absolute atomic E-state index is 0.754. The first kappa shape index (κ1) is 19.7. The molecule has 0 aromatic carbocycles. The van der Waals surface area contributed by atoms with Crippen LogP contribution in [0.1, 0.15) is 90.9 Å². The Kier molecular flexibility index (Phi) is 23.6. The van der Waals surface area contributed by atoms with Crippen molar-refractivity contribution in [2.45, 2.75) is 90.9 Å². The SMILES string of the molecule is CCCCCCCC=O.CCCCCCCC=O. The number of hydrogen-bond donors (Lipinski definition) is 0.